The molecule has 0 bridgehead atoms. The summed E-state index contributed by atoms with van der Waals surface area (Å²) in [6.45, 7) is 3.09. The predicted octanol–water partition coefficient (Wildman–Crippen LogP) is 0.572. The first-order valence-corrected chi connectivity index (χ1v) is 5.33. The molecule has 1 unspecified atom stereocenters. The van der Waals surface area contributed by atoms with Crippen molar-refractivity contribution in [3.05, 3.63) is 0 Å². The minimum atomic E-state index is -0.658. The monoisotopic (exact) mass is 199 g/mol. The smallest absolute Gasteiger partial charge is 0.321 e. The van der Waals surface area contributed by atoms with Gasteiger partial charge in [-0.25, -0.2) is 0 Å². The Bertz CT molecular complexity index is 207. The second-order valence-electron chi connectivity index (χ2n) is 4.12. The van der Waals surface area contributed by atoms with Crippen LogP contribution in [0.1, 0.15) is 19.3 Å². The van der Waals surface area contributed by atoms with E-state index < -0.39 is 5.97 Å². The van der Waals surface area contributed by atoms with Crippen molar-refractivity contribution in [2.24, 2.45) is 5.92 Å². The number of carboxylic acid groups (broad SMARTS) is 1. The van der Waals surface area contributed by atoms with Gasteiger partial charge in [-0.05, 0) is 25.2 Å². The van der Waals surface area contributed by atoms with Gasteiger partial charge in [-0.3, -0.25) is 9.69 Å². The second kappa shape index (κ2) is 4.28. The van der Waals surface area contributed by atoms with E-state index in [1.807, 2.05) is 0 Å². The molecule has 1 saturated heterocycles. The lowest BCUT2D eigenvalue weighted by molar-refractivity contribution is -0.144. The summed E-state index contributed by atoms with van der Waals surface area (Å²) in [5, 5.41) is 9.15. The summed E-state index contributed by atoms with van der Waals surface area (Å²) >= 11 is 0. The topological polar surface area (TPSA) is 49.8 Å². The third-order valence-electron chi connectivity index (χ3n) is 2.97. The maximum Gasteiger partial charge on any atom is 0.321 e. The predicted molar refractivity (Wildman–Crippen MR) is 51.2 cm³/mol. The molecule has 1 saturated carbocycles. The zero-order valence-electron chi connectivity index (χ0n) is 8.32. The molecule has 1 aliphatic heterocycles. The van der Waals surface area contributed by atoms with Gasteiger partial charge >= 0.3 is 5.97 Å². The summed E-state index contributed by atoms with van der Waals surface area (Å²) in [5.41, 5.74) is 0. The van der Waals surface area contributed by atoms with E-state index in [0.29, 0.717) is 12.5 Å². The third kappa shape index (κ3) is 2.25. The second-order valence-corrected chi connectivity index (χ2v) is 4.12. The van der Waals surface area contributed by atoms with Crippen molar-refractivity contribution in [2.75, 3.05) is 26.3 Å². The zero-order valence-corrected chi connectivity index (χ0v) is 8.32. The summed E-state index contributed by atoms with van der Waals surface area (Å²) in [4.78, 5) is 13.2. The van der Waals surface area contributed by atoms with Crippen molar-refractivity contribution in [1.29, 1.82) is 0 Å². The molecule has 0 radical (unpaired) electrons. The van der Waals surface area contributed by atoms with Crippen molar-refractivity contribution >= 4 is 5.97 Å². The number of aliphatic carboxylic acids is 1. The van der Waals surface area contributed by atoms with E-state index in [4.69, 9.17) is 9.84 Å². The van der Waals surface area contributed by atoms with Crippen molar-refractivity contribution < 1.29 is 14.6 Å². The Hall–Kier alpha value is -0.610. The Morgan fingerprint density at radius 1 is 1.36 bits per heavy atom. The maximum atomic E-state index is 11.1. The molecular formula is C10H17NO3. The quantitative estimate of drug-likeness (QED) is 0.722. The van der Waals surface area contributed by atoms with E-state index in [1.54, 1.807) is 0 Å². The lowest BCUT2D eigenvalue weighted by atomic mass is 10.1. The average molecular weight is 199 g/mol. The molecule has 2 aliphatic rings. The molecule has 1 atom stereocenters. The largest absolute Gasteiger partial charge is 0.480 e. The van der Waals surface area contributed by atoms with Gasteiger partial charge in [0.1, 0.15) is 6.04 Å². The van der Waals surface area contributed by atoms with Crippen LogP contribution in [0.2, 0.25) is 0 Å². The molecule has 2 rings (SSSR count). The van der Waals surface area contributed by atoms with Crippen LogP contribution >= 0.6 is 0 Å². The highest BCUT2D eigenvalue weighted by Crippen LogP contribution is 2.35. The van der Waals surface area contributed by atoms with Crippen LogP contribution in [0.3, 0.4) is 0 Å². The van der Waals surface area contributed by atoms with Crippen LogP contribution in [-0.2, 0) is 9.53 Å². The van der Waals surface area contributed by atoms with Gasteiger partial charge in [-0.2, -0.15) is 0 Å². The first-order chi connectivity index (χ1) is 6.79. The highest BCUT2D eigenvalue weighted by atomic mass is 16.5. The lowest BCUT2D eigenvalue weighted by Crippen LogP contribution is -2.44. The van der Waals surface area contributed by atoms with Crippen LogP contribution in [0, 0.1) is 5.92 Å². The molecule has 0 aromatic rings. The summed E-state index contributed by atoms with van der Waals surface area (Å²) in [6.07, 6.45) is 3.11. The third-order valence-corrected chi connectivity index (χ3v) is 2.97. The number of rotatable bonds is 3. The highest BCUT2D eigenvalue weighted by Gasteiger charge is 2.40. The van der Waals surface area contributed by atoms with Crippen LogP contribution in [0.5, 0.6) is 0 Å². The zero-order chi connectivity index (χ0) is 9.97. The van der Waals surface area contributed by atoms with E-state index in [-0.39, 0.29) is 6.04 Å². The minimum Gasteiger partial charge on any atom is -0.480 e. The minimum absolute atomic E-state index is 0.253. The fraction of sp³-hybridized carbons (Fsp3) is 0.900. The van der Waals surface area contributed by atoms with Crippen molar-refractivity contribution in [3.63, 3.8) is 0 Å². The number of ether oxygens (including phenoxy) is 1. The SMILES string of the molecule is O=C(O)C(C1CC1)N1CCCOCC1. The Morgan fingerprint density at radius 2 is 2.14 bits per heavy atom. The molecule has 4 heteroatoms. The van der Waals surface area contributed by atoms with E-state index >= 15 is 0 Å². The number of hydrogen-bond donors (Lipinski definition) is 1. The summed E-state index contributed by atoms with van der Waals surface area (Å²) in [6, 6.07) is -0.253. The van der Waals surface area contributed by atoms with Gasteiger partial charge < -0.3 is 9.84 Å². The number of carbonyl (C=O) groups is 1. The van der Waals surface area contributed by atoms with Crippen LogP contribution in [0.15, 0.2) is 0 Å². The van der Waals surface area contributed by atoms with Gasteiger partial charge in [-0.15, -0.1) is 0 Å². The molecule has 1 heterocycles. The van der Waals surface area contributed by atoms with Crippen LogP contribution < -0.4 is 0 Å². The molecule has 4 nitrogen and oxygen atoms in total. The Morgan fingerprint density at radius 3 is 2.79 bits per heavy atom. The van der Waals surface area contributed by atoms with Crippen LogP contribution in [0.4, 0.5) is 0 Å². The van der Waals surface area contributed by atoms with Gasteiger partial charge in [0.15, 0.2) is 0 Å². The summed E-state index contributed by atoms with van der Waals surface area (Å²) in [5.74, 6) is -0.264. The molecule has 1 N–H and O–H groups in total. The molecule has 0 spiro atoms. The van der Waals surface area contributed by atoms with E-state index in [2.05, 4.69) is 4.90 Å². The van der Waals surface area contributed by atoms with Gasteiger partial charge in [-0.1, -0.05) is 0 Å². The number of hydrogen-bond acceptors (Lipinski definition) is 3. The molecule has 2 fully saturated rings. The van der Waals surface area contributed by atoms with Crippen molar-refractivity contribution in [2.45, 2.75) is 25.3 Å². The Balaban J connectivity index is 1.97. The highest BCUT2D eigenvalue weighted by molar-refractivity contribution is 5.74. The van der Waals surface area contributed by atoms with Crippen LogP contribution in [0.25, 0.3) is 0 Å². The van der Waals surface area contributed by atoms with Gasteiger partial charge in [0, 0.05) is 19.7 Å². The van der Waals surface area contributed by atoms with E-state index in [0.717, 1.165) is 39.0 Å². The first kappa shape index (κ1) is 9.93. The number of nitrogens with zero attached hydrogens (tertiary/aromatic N) is 1. The molecule has 0 amide bonds. The number of carboxylic acids is 1. The molecule has 14 heavy (non-hydrogen) atoms. The maximum absolute atomic E-state index is 11.1. The van der Waals surface area contributed by atoms with Crippen LogP contribution in [-0.4, -0.2) is 48.3 Å². The fourth-order valence-electron chi connectivity index (χ4n) is 2.11. The molecule has 0 aromatic heterocycles. The molecule has 1 aliphatic carbocycles. The van der Waals surface area contributed by atoms with Crippen molar-refractivity contribution in [3.8, 4) is 0 Å². The molecule has 80 valence electrons. The average Bonchev–Trinajstić information content (AvgIpc) is 2.91. The summed E-state index contributed by atoms with van der Waals surface area (Å²) < 4.78 is 5.32. The Kier molecular flexibility index (Phi) is 3.03. The normalized spacial score (nSPS) is 26.9. The fourth-order valence-corrected chi connectivity index (χ4v) is 2.11. The van der Waals surface area contributed by atoms with Gasteiger partial charge in [0.2, 0.25) is 0 Å². The Labute approximate surface area is 83.8 Å². The summed E-state index contributed by atoms with van der Waals surface area (Å²) in [7, 11) is 0. The molecule has 0 aromatic carbocycles. The molecular weight excluding hydrogens is 182 g/mol. The van der Waals surface area contributed by atoms with Gasteiger partial charge in [0.25, 0.3) is 0 Å². The van der Waals surface area contributed by atoms with E-state index in [9.17, 15) is 4.79 Å². The van der Waals surface area contributed by atoms with Crippen molar-refractivity contribution in [1.82, 2.24) is 4.90 Å². The first-order valence-electron chi connectivity index (χ1n) is 5.33. The van der Waals surface area contributed by atoms with E-state index in [1.165, 1.54) is 0 Å². The lowest BCUT2D eigenvalue weighted by Gasteiger charge is -2.26. The standard InChI is InChI=1S/C10H17NO3/c12-10(13)9(8-2-3-8)11-4-1-6-14-7-5-11/h8-9H,1-7H2,(H,12,13). The van der Waals surface area contributed by atoms with Gasteiger partial charge in [0.05, 0.1) is 6.61 Å².